The zero-order valence-corrected chi connectivity index (χ0v) is 43.7. The van der Waals surface area contributed by atoms with Gasteiger partial charge in [-0.2, -0.15) is 0 Å². The van der Waals surface area contributed by atoms with E-state index in [1.165, 1.54) is 24.3 Å². The second kappa shape index (κ2) is 28.4. The van der Waals surface area contributed by atoms with Crippen molar-refractivity contribution < 1.29 is 71.8 Å². The second-order valence-electron chi connectivity index (χ2n) is 19.9. The number of hydrogen-bond acceptors (Lipinski definition) is 16. The standard InChI is InChI=1S/C59H70N2O15/c1-6-27-70-30-31-71-32-33-72-34-35-73-53(65)38-60-37-52(64)61-45-18-16-42(17-19-45)54(66)41-12-14-43(15-13-41)55(67)74-28-23-46(62)21-25-59(5)50-20-9-40(3)48(58(50,4)26-22-51(59)63)36-49(47-24-29-75-57(47)69)76-56(68)44-10-7-39(2)8-11-44/h1,7-8,10-19,24,48-51,60,63H,3,9,20-23,25-38H2,2,4-5H3,(H,61,64)/t48-,49?,50?,51?,58+,59+/m1/s1. The van der Waals surface area contributed by atoms with Crippen LogP contribution in [-0.4, -0.2) is 131 Å². The molecular weight excluding hydrogens is 977 g/mol. The number of anilines is 1. The van der Waals surface area contributed by atoms with Crippen LogP contribution in [0.3, 0.4) is 0 Å². The molecule has 76 heavy (non-hydrogen) atoms. The molecule has 0 spiro atoms. The van der Waals surface area contributed by atoms with Gasteiger partial charge in [-0.25, -0.2) is 14.4 Å². The molecule has 0 saturated heterocycles. The van der Waals surface area contributed by atoms with Gasteiger partial charge in [0.1, 0.15) is 31.7 Å². The third kappa shape index (κ3) is 16.1. The molecule has 17 nitrogen and oxygen atoms in total. The van der Waals surface area contributed by atoms with Crippen LogP contribution in [0.4, 0.5) is 5.69 Å². The predicted molar refractivity (Wildman–Crippen MR) is 280 cm³/mol. The summed E-state index contributed by atoms with van der Waals surface area (Å²) in [7, 11) is 0. The SMILES string of the molecule is C#CCOCCOCCOCCOC(=O)CNCC(=O)Nc1ccc(C(=O)c2ccc(C(=O)OCCC(=O)CC[C@]3(C)C(O)CC[C@]4(C)C3CCC(=C)[C@H]4CC(OC(=O)c3ccc(C)cc3)C3=CCOC3=O)cc2)cc1. The normalized spacial score (nSPS) is 21.2. The largest absolute Gasteiger partial charge is 0.462 e. The van der Waals surface area contributed by atoms with Crippen molar-refractivity contribution in [3.05, 3.63) is 124 Å². The van der Waals surface area contributed by atoms with E-state index in [2.05, 4.69) is 30.1 Å². The molecule has 0 aromatic heterocycles. The van der Waals surface area contributed by atoms with E-state index in [4.69, 9.17) is 39.6 Å². The van der Waals surface area contributed by atoms with Gasteiger partial charge in [-0.1, -0.05) is 61.7 Å². The van der Waals surface area contributed by atoms with Gasteiger partial charge in [0.2, 0.25) is 5.91 Å². The predicted octanol–water partition coefficient (Wildman–Crippen LogP) is 6.73. The van der Waals surface area contributed by atoms with Crippen molar-refractivity contribution in [2.75, 3.05) is 77.9 Å². The maximum atomic E-state index is 13.4. The molecular formula is C59H70N2O15. The minimum absolute atomic E-state index is 0.0158. The highest BCUT2D eigenvalue weighted by Gasteiger charge is 2.58. The number of benzene rings is 3. The monoisotopic (exact) mass is 1050 g/mol. The highest BCUT2D eigenvalue weighted by atomic mass is 16.6. The number of nitrogens with one attached hydrogen (secondary N) is 2. The number of Topliss-reactive ketones (excluding diaryl/α,β-unsaturated/α-hetero) is 1. The van der Waals surface area contributed by atoms with Crippen LogP contribution in [0.5, 0.6) is 0 Å². The fourth-order valence-electron chi connectivity index (χ4n) is 10.6. The van der Waals surface area contributed by atoms with Crippen molar-refractivity contribution in [3.63, 3.8) is 0 Å². The summed E-state index contributed by atoms with van der Waals surface area (Å²) in [6.45, 7) is 12.2. The van der Waals surface area contributed by atoms with Gasteiger partial charge in [-0.15, -0.1) is 6.42 Å². The number of aliphatic hydroxyl groups excluding tert-OH is 1. The molecule has 2 aliphatic carbocycles. The number of ketones is 2. The molecule has 3 unspecified atom stereocenters. The van der Waals surface area contributed by atoms with Crippen molar-refractivity contribution in [3.8, 4) is 12.3 Å². The number of cyclic esters (lactones) is 1. The van der Waals surface area contributed by atoms with Crippen LogP contribution >= 0.6 is 0 Å². The fraction of sp³-hybridized carbons (Fsp3) is 0.475. The maximum Gasteiger partial charge on any atom is 0.338 e. The van der Waals surface area contributed by atoms with Crippen LogP contribution in [0, 0.1) is 41.9 Å². The van der Waals surface area contributed by atoms with Gasteiger partial charge in [0.15, 0.2) is 5.78 Å². The molecule has 3 N–H and O–H groups in total. The molecule has 1 aliphatic heterocycles. The number of allylic oxidation sites excluding steroid dienone is 1. The van der Waals surface area contributed by atoms with Gasteiger partial charge in [0.05, 0.1) is 75.5 Å². The average Bonchev–Trinajstić information content (AvgIpc) is 3.84. The summed E-state index contributed by atoms with van der Waals surface area (Å²) in [4.78, 5) is 90.4. The van der Waals surface area contributed by atoms with Crippen LogP contribution in [0.2, 0.25) is 0 Å². The average molecular weight is 1050 g/mol. The minimum atomic E-state index is -0.867. The quantitative estimate of drug-likeness (QED) is 0.0164. The van der Waals surface area contributed by atoms with Crippen molar-refractivity contribution >= 4 is 47.0 Å². The molecule has 3 aliphatic rings. The molecule has 1 heterocycles. The Bertz CT molecular complexity index is 2600. The Morgan fingerprint density at radius 2 is 1.41 bits per heavy atom. The molecule has 406 valence electrons. The molecule has 2 saturated carbocycles. The Morgan fingerprint density at radius 3 is 2.07 bits per heavy atom. The van der Waals surface area contributed by atoms with E-state index < -0.39 is 47.4 Å². The molecule has 17 heteroatoms. The summed E-state index contributed by atoms with van der Waals surface area (Å²) in [5.41, 5.74) is 2.96. The molecule has 0 bridgehead atoms. The first-order valence-electron chi connectivity index (χ1n) is 25.8. The molecule has 6 rings (SSSR count). The van der Waals surface area contributed by atoms with E-state index in [0.29, 0.717) is 86.5 Å². The minimum Gasteiger partial charge on any atom is -0.462 e. The third-order valence-corrected chi connectivity index (χ3v) is 14.8. The van der Waals surface area contributed by atoms with Crippen molar-refractivity contribution in [1.82, 2.24) is 5.32 Å². The van der Waals surface area contributed by atoms with E-state index in [0.717, 1.165) is 17.6 Å². The first kappa shape index (κ1) is 58.5. The number of carbonyl (C=O) groups is 7. The summed E-state index contributed by atoms with van der Waals surface area (Å²) in [6, 6.07) is 19.3. The lowest BCUT2D eigenvalue weighted by Crippen LogP contribution is -2.56. The first-order chi connectivity index (χ1) is 36.5. The lowest BCUT2D eigenvalue weighted by atomic mass is 9.45. The summed E-state index contributed by atoms with van der Waals surface area (Å²) in [6.07, 6.45) is 8.74. The van der Waals surface area contributed by atoms with Gasteiger partial charge in [0, 0.05) is 29.7 Å². The number of esters is 4. The Balaban J connectivity index is 0.909. The summed E-state index contributed by atoms with van der Waals surface area (Å²) >= 11 is 0. The number of terminal acetylenes is 1. The maximum absolute atomic E-state index is 13.4. The van der Waals surface area contributed by atoms with Gasteiger partial charge >= 0.3 is 23.9 Å². The number of aliphatic hydroxyl groups is 1. The number of carbonyl (C=O) groups excluding carboxylic acids is 7. The van der Waals surface area contributed by atoms with E-state index in [-0.39, 0.29) is 93.3 Å². The molecule has 2 fully saturated rings. The molecule has 3 aromatic rings. The molecule has 6 atom stereocenters. The zero-order chi connectivity index (χ0) is 54.7. The molecule has 3 aromatic carbocycles. The zero-order valence-electron chi connectivity index (χ0n) is 43.7. The van der Waals surface area contributed by atoms with Crippen molar-refractivity contribution in [2.24, 2.45) is 22.7 Å². The van der Waals surface area contributed by atoms with E-state index in [9.17, 15) is 38.7 Å². The molecule has 0 radical (unpaired) electrons. The van der Waals surface area contributed by atoms with Crippen LogP contribution in [0.25, 0.3) is 0 Å². The van der Waals surface area contributed by atoms with E-state index in [1.54, 1.807) is 42.5 Å². The highest BCUT2D eigenvalue weighted by molar-refractivity contribution is 6.09. The highest BCUT2D eigenvalue weighted by Crippen LogP contribution is 2.63. The number of ether oxygens (including phenoxy) is 7. The molecule has 1 amide bonds. The van der Waals surface area contributed by atoms with Crippen molar-refractivity contribution in [2.45, 2.75) is 84.3 Å². The Kier molecular flexibility index (Phi) is 21.8. The number of aryl methyl sites for hydroxylation is 1. The Hall–Kier alpha value is -6.81. The van der Waals surface area contributed by atoms with Gasteiger partial charge in [-0.3, -0.25) is 24.5 Å². The summed E-state index contributed by atoms with van der Waals surface area (Å²) in [5.74, 6) is -0.901. The Morgan fingerprint density at radius 1 is 0.789 bits per heavy atom. The van der Waals surface area contributed by atoms with Crippen LogP contribution < -0.4 is 10.6 Å². The summed E-state index contributed by atoms with van der Waals surface area (Å²) in [5, 5.41) is 17.0. The smallest absolute Gasteiger partial charge is 0.338 e. The first-order valence-corrected chi connectivity index (χ1v) is 25.8. The van der Waals surface area contributed by atoms with Crippen LogP contribution in [0.15, 0.2) is 96.6 Å². The Labute approximate surface area is 444 Å². The van der Waals surface area contributed by atoms with Crippen LogP contribution in [0.1, 0.15) is 107 Å². The van der Waals surface area contributed by atoms with Gasteiger partial charge < -0.3 is 43.6 Å². The van der Waals surface area contributed by atoms with E-state index in [1.807, 2.05) is 26.0 Å². The lowest BCUT2D eigenvalue weighted by Gasteiger charge is -2.60. The van der Waals surface area contributed by atoms with E-state index >= 15 is 0 Å². The van der Waals surface area contributed by atoms with Gasteiger partial charge in [-0.05, 0) is 123 Å². The summed E-state index contributed by atoms with van der Waals surface area (Å²) < 4.78 is 37.6. The fourth-order valence-corrected chi connectivity index (χ4v) is 10.6. The number of fused-ring (bicyclic) bond motifs is 1. The third-order valence-electron chi connectivity index (χ3n) is 14.8. The van der Waals surface area contributed by atoms with Gasteiger partial charge in [0.25, 0.3) is 0 Å². The van der Waals surface area contributed by atoms with Crippen LogP contribution in [-0.2, 0) is 52.3 Å². The van der Waals surface area contributed by atoms with Crippen molar-refractivity contribution in [1.29, 1.82) is 0 Å². The number of hydrogen-bond donors (Lipinski definition) is 3. The second-order valence-corrected chi connectivity index (χ2v) is 19.9. The number of amides is 1. The number of rotatable bonds is 29. The topological polar surface area (TPSA) is 228 Å². The lowest BCUT2D eigenvalue weighted by molar-refractivity contribution is -0.145.